The van der Waals surface area contributed by atoms with Gasteiger partial charge in [0.25, 0.3) is 0 Å². The summed E-state index contributed by atoms with van der Waals surface area (Å²) in [5.41, 5.74) is 2.43. The van der Waals surface area contributed by atoms with Crippen molar-refractivity contribution in [1.29, 1.82) is 0 Å². The van der Waals surface area contributed by atoms with Crippen LogP contribution in [0.25, 0.3) is 0 Å². The van der Waals surface area contributed by atoms with Crippen LogP contribution >= 0.6 is 0 Å². The summed E-state index contributed by atoms with van der Waals surface area (Å²) >= 11 is 0. The molecule has 1 aliphatic carbocycles. The first-order valence-electron chi connectivity index (χ1n) is 9.11. The monoisotopic (exact) mass is 321 g/mol. The number of nitrogens with zero attached hydrogens (tertiary/aromatic N) is 1. The van der Waals surface area contributed by atoms with Crippen LogP contribution in [0, 0.1) is 0 Å². The second-order valence-electron chi connectivity index (χ2n) is 6.87. The van der Waals surface area contributed by atoms with Crippen LogP contribution in [0.5, 0.6) is 0 Å². The number of benzene rings is 2. The zero-order valence-electron chi connectivity index (χ0n) is 14.5. The number of carbonyl (C=O) groups excluding carboxylic acids is 1. The van der Waals surface area contributed by atoms with Crippen LogP contribution in [-0.4, -0.2) is 23.9 Å². The van der Waals surface area contributed by atoms with Crippen molar-refractivity contribution in [3.05, 3.63) is 71.8 Å². The smallest absolute Gasteiger partial charge is 0.223 e. The van der Waals surface area contributed by atoms with Gasteiger partial charge in [-0.25, -0.2) is 0 Å². The lowest BCUT2D eigenvalue weighted by atomic mass is 9.87. The average Bonchev–Trinajstić information content (AvgIpc) is 2.67. The third-order valence-electron chi connectivity index (χ3n) is 5.30. The van der Waals surface area contributed by atoms with E-state index in [0.717, 1.165) is 12.8 Å². The van der Waals surface area contributed by atoms with Gasteiger partial charge in [0.05, 0.1) is 0 Å². The van der Waals surface area contributed by atoms with Gasteiger partial charge in [0.15, 0.2) is 0 Å². The Hall–Kier alpha value is -2.09. The molecule has 0 atom stereocenters. The van der Waals surface area contributed by atoms with E-state index in [1.807, 2.05) is 24.1 Å². The first-order valence-corrected chi connectivity index (χ1v) is 9.11. The molecule has 2 aromatic carbocycles. The largest absolute Gasteiger partial charge is 0.343 e. The van der Waals surface area contributed by atoms with Crippen molar-refractivity contribution < 1.29 is 4.79 Å². The molecule has 126 valence electrons. The lowest BCUT2D eigenvalue weighted by Crippen LogP contribution is -2.38. The van der Waals surface area contributed by atoms with Gasteiger partial charge in [-0.2, -0.15) is 0 Å². The van der Waals surface area contributed by atoms with Crippen LogP contribution in [0.2, 0.25) is 0 Å². The molecule has 24 heavy (non-hydrogen) atoms. The zero-order chi connectivity index (χ0) is 16.8. The van der Waals surface area contributed by atoms with Crippen molar-refractivity contribution in [1.82, 2.24) is 4.90 Å². The van der Waals surface area contributed by atoms with Crippen molar-refractivity contribution >= 4 is 5.91 Å². The lowest BCUT2D eigenvalue weighted by molar-refractivity contribution is -0.132. The molecule has 0 aliphatic heterocycles. The van der Waals surface area contributed by atoms with Crippen molar-refractivity contribution in [2.45, 2.75) is 50.5 Å². The molecular formula is C22H27NO. The molecule has 2 nitrogen and oxygen atoms in total. The van der Waals surface area contributed by atoms with Crippen LogP contribution in [0.1, 0.15) is 55.6 Å². The molecule has 0 unspecified atom stereocenters. The first kappa shape index (κ1) is 16.8. The molecule has 1 fully saturated rings. The molecule has 1 amide bonds. The van der Waals surface area contributed by atoms with Gasteiger partial charge in [-0.3, -0.25) is 4.79 Å². The fourth-order valence-corrected chi connectivity index (χ4v) is 3.79. The Morgan fingerprint density at radius 3 is 1.92 bits per heavy atom. The summed E-state index contributed by atoms with van der Waals surface area (Å²) in [4.78, 5) is 14.9. The highest BCUT2D eigenvalue weighted by molar-refractivity contribution is 5.78. The third kappa shape index (κ3) is 4.05. The highest BCUT2D eigenvalue weighted by Gasteiger charge is 2.25. The standard InChI is InChI=1S/C22H27NO/c1-23(20-15-9-4-10-16-20)22(24)17-21(18-11-5-2-6-12-18)19-13-7-3-8-14-19/h2-3,5-8,11-14,20-21H,4,9-10,15-17H2,1H3. The van der Waals surface area contributed by atoms with Crippen LogP contribution in [-0.2, 0) is 4.79 Å². The summed E-state index contributed by atoms with van der Waals surface area (Å²) in [6.07, 6.45) is 6.68. The van der Waals surface area contributed by atoms with Gasteiger partial charge in [-0.1, -0.05) is 79.9 Å². The van der Waals surface area contributed by atoms with Gasteiger partial charge in [0.1, 0.15) is 0 Å². The Kier molecular flexibility index (Phi) is 5.68. The van der Waals surface area contributed by atoms with Gasteiger partial charge in [-0.05, 0) is 24.0 Å². The van der Waals surface area contributed by atoms with E-state index in [1.165, 1.54) is 30.4 Å². The van der Waals surface area contributed by atoms with E-state index in [1.54, 1.807) is 0 Å². The molecule has 0 aromatic heterocycles. The summed E-state index contributed by atoms with van der Waals surface area (Å²) in [5.74, 6) is 0.394. The van der Waals surface area contributed by atoms with Crippen molar-refractivity contribution in [3.63, 3.8) is 0 Å². The molecule has 1 aliphatic rings. The Labute approximate surface area is 145 Å². The SMILES string of the molecule is CN(C(=O)CC(c1ccccc1)c1ccccc1)C1CCCCC1. The molecule has 2 aromatic rings. The number of amides is 1. The maximum absolute atomic E-state index is 12.9. The lowest BCUT2D eigenvalue weighted by Gasteiger charge is -2.32. The number of hydrogen-bond donors (Lipinski definition) is 0. The number of rotatable bonds is 5. The fraction of sp³-hybridized carbons (Fsp3) is 0.409. The van der Waals surface area contributed by atoms with Crippen molar-refractivity contribution in [2.75, 3.05) is 7.05 Å². The summed E-state index contributed by atoms with van der Waals surface area (Å²) in [7, 11) is 1.99. The van der Waals surface area contributed by atoms with Gasteiger partial charge >= 0.3 is 0 Å². The Balaban J connectivity index is 1.77. The van der Waals surface area contributed by atoms with E-state index >= 15 is 0 Å². The molecule has 0 saturated heterocycles. The second kappa shape index (κ2) is 8.14. The topological polar surface area (TPSA) is 20.3 Å². The maximum Gasteiger partial charge on any atom is 0.223 e. The van der Waals surface area contributed by atoms with E-state index in [2.05, 4.69) is 48.5 Å². The van der Waals surface area contributed by atoms with Crippen LogP contribution in [0.15, 0.2) is 60.7 Å². The van der Waals surface area contributed by atoms with Crippen molar-refractivity contribution in [3.8, 4) is 0 Å². The summed E-state index contributed by atoms with van der Waals surface area (Å²) in [5, 5.41) is 0. The van der Waals surface area contributed by atoms with E-state index in [4.69, 9.17) is 0 Å². The molecule has 0 N–H and O–H groups in total. The third-order valence-corrected chi connectivity index (χ3v) is 5.30. The molecule has 1 saturated carbocycles. The maximum atomic E-state index is 12.9. The van der Waals surface area contributed by atoms with Gasteiger partial charge < -0.3 is 4.90 Å². The number of hydrogen-bond acceptors (Lipinski definition) is 1. The second-order valence-corrected chi connectivity index (χ2v) is 6.87. The number of carbonyl (C=O) groups is 1. The first-order chi connectivity index (χ1) is 11.8. The van der Waals surface area contributed by atoms with E-state index in [-0.39, 0.29) is 11.8 Å². The summed E-state index contributed by atoms with van der Waals surface area (Å²) in [6, 6.07) is 21.2. The van der Waals surface area contributed by atoms with E-state index in [9.17, 15) is 4.79 Å². The molecule has 0 radical (unpaired) electrons. The molecular weight excluding hydrogens is 294 g/mol. The Morgan fingerprint density at radius 1 is 0.917 bits per heavy atom. The van der Waals surface area contributed by atoms with Crippen LogP contribution in [0.3, 0.4) is 0 Å². The molecule has 3 rings (SSSR count). The predicted octanol–water partition coefficient (Wildman–Crippen LogP) is 5.00. The summed E-state index contributed by atoms with van der Waals surface area (Å²) < 4.78 is 0. The Morgan fingerprint density at radius 2 is 1.42 bits per heavy atom. The minimum absolute atomic E-state index is 0.131. The Bertz CT molecular complexity index is 592. The minimum atomic E-state index is 0.131. The highest BCUT2D eigenvalue weighted by atomic mass is 16.2. The van der Waals surface area contributed by atoms with Crippen LogP contribution < -0.4 is 0 Å². The summed E-state index contributed by atoms with van der Waals surface area (Å²) in [6.45, 7) is 0. The van der Waals surface area contributed by atoms with Crippen molar-refractivity contribution in [2.24, 2.45) is 0 Å². The zero-order valence-corrected chi connectivity index (χ0v) is 14.5. The van der Waals surface area contributed by atoms with E-state index in [0.29, 0.717) is 12.5 Å². The van der Waals surface area contributed by atoms with Gasteiger partial charge in [0, 0.05) is 25.4 Å². The highest BCUT2D eigenvalue weighted by Crippen LogP contribution is 2.30. The van der Waals surface area contributed by atoms with Crippen LogP contribution in [0.4, 0.5) is 0 Å². The normalized spacial score (nSPS) is 15.4. The quantitative estimate of drug-likeness (QED) is 0.759. The predicted molar refractivity (Wildman–Crippen MR) is 99.0 cm³/mol. The van der Waals surface area contributed by atoms with E-state index < -0.39 is 0 Å². The molecule has 0 heterocycles. The molecule has 2 heteroatoms. The van der Waals surface area contributed by atoms with Gasteiger partial charge in [-0.15, -0.1) is 0 Å². The fourth-order valence-electron chi connectivity index (χ4n) is 3.79. The minimum Gasteiger partial charge on any atom is -0.343 e. The molecule has 0 bridgehead atoms. The molecule has 0 spiro atoms. The average molecular weight is 321 g/mol. The van der Waals surface area contributed by atoms with Gasteiger partial charge in [0.2, 0.25) is 5.91 Å².